The van der Waals surface area contributed by atoms with Gasteiger partial charge in [0.15, 0.2) is 0 Å². The highest BCUT2D eigenvalue weighted by molar-refractivity contribution is 9.10. The first-order valence-electron chi connectivity index (χ1n) is 6.97. The maximum atomic E-state index is 12.9. The van der Waals surface area contributed by atoms with Crippen molar-refractivity contribution in [3.05, 3.63) is 16.7 Å². The minimum atomic E-state index is -3.54. The Hall–Kier alpha value is -0.700. The minimum Gasteiger partial charge on any atom is -0.372 e. The molecule has 1 unspecified atom stereocenters. The molecular formula is C13H21BrN4O2S. The van der Waals surface area contributed by atoms with E-state index in [2.05, 4.69) is 45.0 Å². The lowest BCUT2D eigenvalue weighted by Gasteiger charge is -2.38. The number of sulfonamides is 1. The molecule has 0 aromatic carbocycles. The largest absolute Gasteiger partial charge is 0.372 e. The normalized spacial score (nSPS) is 21.4. The van der Waals surface area contributed by atoms with E-state index in [0.717, 1.165) is 13.1 Å². The van der Waals surface area contributed by atoms with E-state index >= 15 is 0 Å². The van der Waals surface area contributed by atoms with Gasteiger partial charge < -0.3 is 5.32 Å². The van der Waals surface area contributed by atoms with Crippen LogP contribution in [0, 0.1) is 0 Å². The molecule has 1 N–H and O–H groups in total. The maximum Gasteiger partial charge on any atom is 0.246 e. The third-order valence-corrected chi connectivity index (χ3v) is 6.12. The number of anilines is 1. The number of hydrogen-bond donors (Lipinski definition) is 1. The second kappa shape index (κ2) is 6.60. The summed E-state index contributed by atoms with van der Waals surface area (Å²) in [6, 6.07) is 1.82. The van der Waals surface area contributed by atoms with Gasteiger partial charge in [-0.25, -0.2) is 13.4 Å². The molecule has 1 saturated heterocycles. The predicted octanol–water partition coefficient (Wildman–Crippen LogP) is 1.60. The fourth-order valence-corrected chi connectivity index (χ4v) is 4.76. The monoisotopic (exact) mass is 376 g/mol. The number of likely N-dealkylation sites (N-methyl/N-ethyl adjacent to an activating group) is 1. The molecule has 0 bridgehead atoms. The quantitative estimate of drug-likeness (QED) is 0.864. The zero-order chi connectivity index (χ0) is 15.6. The molecule has 118 valence electrons. The van der Waals surface area contributed by atoms with E-state index in [0.29, 0.717) is 23.4 Å². The number of nitrogens with zero attached hydrogens (tertiary/aromatic N) is 3. The number of nitrogens with one attached hydrogen (secondary N) is 1. The Kier molecular flexibility index (Phi) is 5.24. The van der Waals surface area contributed by atoms with E-state index in [1.165, 1.54) is 0 Å². The van der Waals surface area contributed by atoms with Crippen LogP contribution in [0.1, 0.15) is 13.8 Å². The fraction of sp³-hybridized carbons (Fsp3) is 0.615. The summed E-state index contributed by atoms with van der Waals surface area (Å²) in [6.45, 7) is 6.87. The Bertz CT molecular complexity index is 608. The van der Waals surface area contributed by atoms with E-state index in [9.17, 15) is 8.42 Å². The smallest absolute Gasteiger partial charge is 0.246 e. The minimum absolute atomic E-state index is 0.219. The average molecular weight is 377 g/mol. The van der Waals surface area contributed by atoms with Crippen LogP contribution in [0.15, 0.2) is 21.6 Å². The molecule has 0 aliphatic carbocycles. The highest BCUT2D eigenvalue weighted by atomic mass is 79.9. The van der Waals surface area contributed by atoms with Crippen LogP contribution < -0.4 is 5.32 Å². The SMILES string of the molecule is CCN1CCN(S(=O)(=O)c2cc(Br)cnc2NC)CC1C. The Balaban J connectivity index is 2.33. The summed E-state index contributed by atoms with van der Waals surface area (Å²) in [4.78, 5) is 6.63. The van der Waals surface area contributed by atoms with Crippen molar-refractivity contribution in [1.29, 1.82) is 0 Å². The number of aromatic nitrogens is 1. The molecular weight excluding hydrogens is 356 g/mol. The van der Waals surface area contributed by atoms with Crippen molar-refractivity contribution < 1.29 is 8.42 Å². The highest BCUT2D eigenvalue weighted by Crippen LogP contribution is 2.27. The number of pyridine rings is 1. The van der Waals surface area contributed by atoms with Gasteiger partial charge in [0.2, 0.25) is 10.0 Å². The summed E-state index contributed by atoms with van der Waals surface area (Å²) >= 11 is 3.29. The highest BCUT2D eigenvalue weighted by Gasteiger charge is 2.33. The standard InChI is InChI=1S/C13H21BrN4O2S/c1-4-17-5-6-18(9-10(17)2)21(19,20)12-7-11(14)8-16-13(12)15-3/h7-8,10H,4-6,9H2,1-3H3,(H,15,16). The van der Waals surface area contributed by atoms with Crippen molar-refractivity contribution in [2.75, 3.05) is 38.5 Å². The molecule has 1 aliphatic heterocycles. The first-order valence-corrected chi connectivity index (χ1v) is 9.21. The summed E-state index contributed by atoms with van der Waals surface area (Å²) in [5, 5.41) is 2.85. The molecule has 8 heteroatoms. The molecule has 1 aromatic heterocycles. The van der Waals surface area contributed by atoms with Gasteiger partial charge in [0, 0.05) is 43.4 Å². The molecule has 0 radical (unpaired) electrons. The van der Waals surface area contributed by atoms with E-state index in [-0.39, 0.29) is 10.9 Å². The van der Waals surface area contributed by atoms with Crippen LogP contribution >= 0.6 is 15.9 Å². The Labute approximate surface area is 134 Å². The lowest BCUT2D eigenvalue weighted by atomic mass is 10.2. The number of rotatable bonds is 4. The zero-order valence-electron chi connectivity index (χ0n) is 12.5. The van der Waals surface area contributed by atoms with E-state index in [4.69, 9.17) is 0 Å². The average Bonchev–Trinajstić information content (AvgIpc) is 2.47. The van der Waals surface area contributed by atoms with Crippen molar-refractivity contribution in [2.24, 2.45) is 0 Å². The first kappa shape index (κ1) is 16.7. The molecule has 1 aromatic rings. The molecule has 2 heterocycles. The van der Waals surface area contributed by atoms with Gasteiger partial charge in [0.1, 0.15) is 10.7 Å². The summed E-state index contributed by atoms with van der Waals surface area (Å²) < 4.78 is 27.9. The molecule has 0 spiro atoms. The molecule has 2 rings (SSSR count). The third-order valence-electron chi connectivity index (χ3n) is 3.81. The topological polar surface area (TPSA) is 65.5 Å². The summed E-state index contributed by atoms with van der Waals surface area (Å²) in [7, 11) is -1.87. The molecule has 1 atom stereocenters. The Morgan fingerprint density at radius 3 is 2.76 bits per heavy atom. The maximum absolute atomic E-state index is 12.9. The van der Waals surface area contributed by atoms with Crippen molar-refractivity contribution >= 4 is 31.8 Å². The van der Waals surface area contributed by atoms with Gasteiger partial charge in [0.05, 0.1) is 0 Å². The molecule has 6 nitrogen and oxygen atoms in total. The van der Waals surface area contributed by atoms with Crippen molar-refractivity contribution in [3.8, 4) is 0 Å². The van der Waals surface area contributed by atoms with Crippen LogP contribution in [0.4, 0.5) is 5.82 Å². The molecule has 21 heavy (non-hydrogen) atoms. The van der Waals surface area contributed by atoms with Gasteiger partial charge in [-0.2, -0.15) is 4.31 Å². The lowest BCUT2D eigenvalue weighted by Crippen LogP contribution is -2.53. The van der Waals surface area contributed by atoms with Crippen LogP contribution in [0.5, 0.6) is 0 Å². The van der Waals surface area contributed by atoms with Gasteiger partial charge in [-0.1, -0.05) is 6.92 Å². The van der Waals surface area contributed by atoms with Crippen molar-refractivity contribution in [3.63, 3.8) is 0 Å². The molecule has 0 saturated carbocycles. The summed E-state index contributed by atoms with van der Waals surface area (Å²) in [5.74, 6) is 0.378. The van der Waals surface area contributed by atoms with Crippen LogP contribution in [0.25, 0.3) is 0 Å². The number of halogens is 1. The van der Waals surface area contributed by atoms with E-state index < -0.39 is 10.0 Å². The van der Waals surface area contributed by atoms with Gasteiger partial charge in [-0.05, 0) is 35.5 Å². The van der Waals surface area contributed by atoms with Gasteiger partial charge in [0.25, 0.3) is 0 Å². The molecule has 1 aliphatic rings. The van der Waals surface area contributed by atoms with Crippen LogP contribution in [0.2, 0.25) is 0 Å². The second-order valence-corrected chi connectivity index (χ2v) is 7.91. The van der Waals surface area contributed by atoms with Gasteiger partial charge >= 0.3 is 0 Å². The van der Waals surface area contributed by atoms with Crippen LogP contribution in [0.3, 0.4) is 0 Å². The van der Waals surface area contributed by atoms with Crippen LogP contribution in [-0.2, 0) is 10.0 Å². The van der Waals surface area contributed by atoms with E-state index in [1.54, 1.807) is 23.6 Å². The van der Waals surface area contributed by atoms with Crippen molar-refractivity contribution in [2.45, 2.75) is 24.8 Å². The van der Waals surface area contributed by atoms with Crippen molar-refractivity contribution in [1.82, 2.24) is 14.2 Å². The predicted molar refractivity (Wildman–Crippen MR) is 87.0 cm³/mol. The zero-order valence-corrected chi connectivity index (χ0v) is 14.9. The number of piperazine rings is 1. The third kappa shape index (κ3) is 3.39. The van der Waals surface area contributed by atoms with E-state index in [1.807, 2.05) is 0 Å². The number of hydrogen-bond acceptors (Lipinski definition) is 5. The molecule has 0 amide bonds. The first-order chi connectivity index (χ1) is 9.90. The Morgan fingerprint density at radius 1 is 1.48 bits per heavy atom. The lowest BCUT2D eigenvalue weighted by molar-refractivity contribution is 0.135. The summed E-state index contributed by atoms with van der Waals surface area (Å²) in [5.41, 5.74) is 0. The van der Waals surface area contributed by atoms with Crippen LogP contribution in [-0.4, -0.2) is 61.9 Å². The summed E-state index contributed by atoms with van der Waals surface area (Å²) in [6.07, 6.45) is 1.59. The Morgan fingerprint density at radius 2 is 2.19 bits per heavy atom. The fourth-order valence-electron chi connectivity index (χ4n) is 2.59. The second-order valence-electron chi connectivity index (χ2n) is 5.09. The van der Waals surface area contributed by atoms with Gasteiger partial charge in [-0.15, -0.1) is 0 Å². The molecule has 1 fully saturated rings. The van der Waals surface area contributed by atoms with Gasteiger partial charge in [-0.3, -0.25) is 4.90 Å².